The van der Waals surface area contributed by atoms with Gasteiger partial charge in [0.25, 0.3) is 0 Å². The van der Waals surface area contributed by atoms with Crippen LogP contribution in [-0.4, -0.2) is 83.7 Å². The van der Waals surface area contributed by atoms with Crippen LogP contribution in [0.3, 0.4) is 0 Å². The van der Waals surface area contributed by atoms with Crippen molar-refractivity contribution in [3.8, 4) is 0 Å². The van der Waals surface area contributed by atoms with E-state index in [1.165, 1.54) is 116 Å². The van der Waals surface area contributed by atoms with Crippen LogP contribution in [0.15, 0.2) is 0 Å². The van der Waals surface area contributed by atoms with Crippen molar-refractivity contribution in [1.82, 2.24) is 14.9 Å². The van der Waals surface area contributed by atoms with Crippen molar-refractivity contribution >= 4 is 0 Å². The van der Waals surface area contributed by atoms with Crippen molar-refractivity contribution in [2.24, 2.45) is 0 Å². The molecule has 1 aliphatic heterocycles. The highest BCUT2D eigenvalue weighted by atomic mass is 16.3. The zero-order valence-corrected chi connectivity index (χ0v) is 26.2. The molecule has 0 aliphatic carbocycles. The van der Waals surface area contributed by atoms with Gasteiger partial charge in [-0.05, 0) is 19.9 Å². The Labute approximate surface area is 238 Å². The summed E-state index contributed by atoms with van der Waals surface area (Å²) in [5.41, 5.74) is 0. The van der Waals surface area contributed by atoms with Gasteiger partial charge in [-0.1, -0.05) is 142 Å². The molecule has 2 atom stereocenters. The maximum atomic E-state index is 10.8. The minimum atomic E-state index is -0.298. The third-order valence-corrected chi connectivity index (χ3v) is 8.50. The van der Waals surface area contributed by atoms with Gasteiger partial charge in [0.15, 0.2) is 0 Å². The minimum absolute atomic E-state index is 0.298. The first kappa shape index (κ1) is 35.8. The third-order valence-electron chi connectivity index (χ3n) is 8.50. The molecule has 0 aromatic rings. The number of aliphatic hydroxyl groups excluding tert-OH is 2. The zero-order chi connectivity index (χ0) is 27.7. The Morgan fingerprint density at radius 2 is 0.816 bits per heavy atom. The molecule has 2 N–H and O–H groups in total. The monoisotopic (exact) mass is 540 g/mol. The average molecular weight is 540 g/mol. The summed E-state index contributed by atoms with van der Waals surface area (Å²) in [6.07, 6.45) is 27.8. The van der Waals surface area contributed by atoms with Crippen molar-refractivity contribution in [3.63, 3.8) is 0 Å². The lowest BCUT2D eigenvalue weighted by atomic mass is 10.0. The highest BCUT2D eigenvalue weighted by Gasteiger charge is 2.24. The van der Waals surface area contributed by atoms with Crippen molar-refractivity contribution in [2.75, 3.05) is 46.3 Å². The molecule has 1 fully saturated rings. The molecule has 1 heterocycles. The summed E-state index contributed by atoms with van der Waals surface area (Å²) in [6.45, 7) is 9.98. The highest BCUT2D eigenvalue weighted by molar-refractivity contribution is 4.73. The van der Waals surface area contributed by atoms with Crippen LogP contribution in [-0.2, 0) is 0 Å². The Morgan fingerprint density at radius 1 is 0.500 bits per heavy atom. The summed E-state index contributed by atoms with van der Waals surface area (Å²) >= 11 is 0. The number of nitrogens with zero attached hydrogens (tertiary/aromatic N) is 3. The molecule has 0 radical (unpaired) electrons. The van der Waals surface area contributed by atoms with Gasteiger partial charge < -0.3 is 15.1 Å². The van der Waals surface area contributed by atoms with Crippen LogP contribution in [0.1, 0.15) is 155 Å². The topological polar surface area (TPSA) is 50.2 Å². The summed E-state index contributed by atoms with van der Waals surface area (Å²) in [5.74, 6) is 0. The normalized spacial score (nSPS) is 16.9. The van der Waals surface area contributed by atoms with E-state index in [9.17, 15) is 10.2 Å². The molecule has 0 spiro atoms. The standard InChI is InChI=1S/C33H69N3O2/c1-4-6-8-10-12-14-16-18-20-22-24-32(37)30-36(35-28-26-34(3)27-29-35)31-33(38)25-23-21-19-17-15-13-11-9-7-5-2/h32-33,37-38H,4-31H2,1-3H3. The fraction of sp³-hybridized carbons (Fsp3) is 1.00. The number of rotatable bonds is 27. The first-order chi connectivity index (χ1) is 18.6. The van der Waals surface area contributed by atoms with Gasteiger partial charge in [-0.25, -0.2) is 10.0 Å². The number of hydrogen-bond donors (Lipinski definition) is 2. The van der Waals surface area contributed by atoms with E-state index in [4.69, 9.17) is 0 Å². The second-order valence-electron chi connectivity index (χ2n) is 12.4. The maximum Gasteiger partial charge on any atom is 0.0681 e. The van der Waals surface area contributed by atoms with Crippen LogP contribution in [0.5, 0.6) is 0 Å². The quantitative estimate of drug-likeness (QED) is 0.104. The number of unbranched alkanes of at least 4 members (excludes halogenated alkanes) is 18. The van der Waals surface area contributed by atoms with E-state index in [-0.39, 0.29) is 12.2 Å². The predicted molar refractivity (Wildman–Crippen MR) is 166 cm³/mol. The Morgan fingerprint density at radius 3 is 1.16 bits per heavy atom. The van der Waals surface area contributed by atoms with Gasteiger partial charge in [0, 0.05) is 39.3 Å². The van der Waals surface area contributed by atoms with E-state index in [1.54, 1.807) is 0 Å². The molecule has 0 amide bonds. The molecule has 5 heteroatoms. The van der Waals surface area contributed by atoms with E-state index < -0.39 is 0 Å². The fourth-order valence-corrected chi connectivity index (χ4v) is 5.79. The fourth-order valence-electron chi connectivity index (χ4n) is 5.79. The van der Waals surface area contributed by atoms with Crippen LogP contribution in [0, 0.1) is 0 Å². The number of hydrogen-bond acceptors (Lipinski definition) is 5. The van der Waals surface area contributed by atoms with Crippen molar-refractivity contribution < 1.29 is 10.2 Å². The van der Waals surface area contributed by atoms with Gasteiger partial charge >= 0.3 is 0 Å². The van der Waals surface area contributed by atoms with Crippen molar-refractivity contribution in [3.05, 3.63) is 0 Å². The summed E-state index contributed by atoms with van der Waals surface area (Å²) in [4.78, 5) is 2.37. The van der Waals surface area contributed by atoms with Crippen LogP contribution in [0.4, 0.5) is 0 Å². The van der Waals surface area contributed by atoms with Gasteiger partial charge in [0.1, 0.15) is 0 Å². The number of hydrazine groups is 1. The molecule has 228 valence electrons. The first-order valence-electron chi connectivity index (χ1n) is 17.1. The molecule has 0 aromatic carbocycles. The Kier molecular flexibility index (Phi) is 24.3. The van der Waals surface area contributed by atoms with E-state index in [0.29, 0.717) is 13.1 Å². The van der Waals surface area contributed by atoms with E-state index in [0.717, 1.165) is 51.9 Å². The lowest BCUT2D eigenvalue weighted by Crippen LogP contribution is -2.56. The molecule has 38 heavy (non-hydrogen) atoms. The second kappa shape index (κ2) is 25.7. The molecule has 0 saturated carbocycles. The average Bonchev–Trinajstić information content (AvgIpc) is 2.91. The van der Waals surface area contributed by atoms with Crippen LogP contribution < -0.4 is 0 Å². The van der Waals surface area contributed by atoms with Crippen molar-refractivity contribution in [2.45, 2.75) is 167 Å². The maximum absolute atomic E-state index is 10.8. The van der Waals surface area contributed by atoms with Gasteiger partial charge in [0.2, 0.25) is 0 Å². The Hall–Kier alpha value is -0.200. The van der Waals surface area contributed by atoms with Gasteiger partial charge in [-0.2, -0.15) is 0 Å². The molecule has 1 aliphatic rings. The summed E-state index contributed by atoms with van der Waals surface area (Å²) in [7, 11) is 2.18. The Balaban J connectivity index is 2.22. The first-order valence-corrected chi connectivity index (χ1v) is 17.1. The van der Waals surface area contributed by atoms with E-state index >= 15 is 0 Å². The molecule has 0 aromatic heterocycles. The number of aliphatic hydroxyl groups is 2. The van der Waals surface area contributed by atoms with Crippen LogP contribution in [0.2, 0.25) is 0 Å². The molecule has 5 nitrogen and oxygen atoms in total. The van der Waals surface area contributed by atoms with Gasteiger partial charge in [-0.3, -0.25) is 0 Å². The molecule has 1 saturated heterocycles. The zero-order valence-electron chi connectivity index (χ0n) is 26.2. The van der Waals surface area contributed by atoms with Gasteiger partial charge in [0.05, 0.1) is 12.2 Å². The smallest absolute Gasteiger partial charge is 0.0681 e. The lowest BCUT2D eigenvalue weighted by Gasteiger charge is -2.41. The second-order valence-corrected chi connectivity index (χ2v) is 12.4. The van der Waals surface area contributed by atoms with E-state index in [2.05, 4.69) is 35.8 Å². The highest BCUT2D eigenvalue weighted by Crippen LogP contribution is 2.16. The summed E-state index contributed by atoms with van der Waals surface area (Å²) < 4.78 is 0. The van der Waals surface area contributed by atoms with Crippen molar-refractivity contribution in [1.29, 1.82) is 0 Å². The summed E-state index contributed by atoms with van der Waals surface area (Å²) in [6, 6.07) is 0. The molecule has 1 rings (SSSR count). The van der Waals surface area contributed by atoms with E-state index in [1.807, 2.05) is 0 Å². The predicted octanol–water partition coefficient (Wildman–Crippen LogP) is 7.79. The SMILES string of the molecule is CCCCCCCCCCCCC(O)CN(CC(O)CCCCCCCCCCCC)N1CCN(C)CC1. The molecular weight excluding hydrogens is 470 g/mol. The number of likely N-dealkylation sites (N-methyl/N-ethyl adjacent to an activating group) is 1. The Bertz CT molecular complexity index is 453. The summed E-state index contributed by atoms with van der Waals surface area (Å²) in [5, 5.41) is 26.4. The van der Waals surface area contributed by atoms with Gasteiger partial charge in [-0.15, -0.1) is 0 Å². The minimum Gasteiger partial charge on any atom is -0.392 e. The largest absolute Gasteiger partial charge is 0.392 e. The number of piperazine rings is 1. The molecule has 2 unspecified atom stereocenters. The third kappa shape index (κ3) is 20.7. The van der Waals surface area contributed by atoms with Crippen LogP contribution in [0.25, 0.3) is 0 Å². The molecule has 0 bridgehead atoms. The van der Waals surface area contributed by atoms with Crippen LogP contribution >= 0.6 is 0 Å². The molecular formula is C33H69N3O2. The lowest BCUT2D eigenvalue weighted by molar-refractivity contribution is -0.0954.